The van der Waals surface area contributed by atoms with Crippen LogP contribution >= 0.6 is 11.3 Å². The molecular weight excluding hydrogens is 190 g/mol. The Balaban J connectivity index is 2.61. The summed E-state index contributed by atoms with van der Waals surface area (Å²) in [4.78, 5) is 4.63. The number of nitrogens with zero attached hydrogens (tertiary/aromatic N) is 1. The van der Waals surface area contributed by atoms with Gasteiger partial charge < -0.3 is 0 Å². The van der Waals surface area contributed by atoms with E-state index in [-0.39, 0.29) is 0 Å². The highest BCUT2D eigenvalue weighted by atomic mass is 32.1. The number of thiazole rings is 1. The monoisotopic (exact) mass is 205 g/mol. The molecule has 2 rings (SSSR count). The molecule has 1 atom stereocenters. The smallest absolute Gasteiger partial charge is 0.0963 e. The van der Waals surface area contributed by atoms with Crippen molar-refractivity contribution in [2.24, 2.45) is 5.92 Å². The van der Waals surface area contributed by atoms with E-state index in [4.69, 9.17) is 0 Å². The number of aromatic nitrogens is 1. The van der Waals surface area contributed by atoms with Gasteiger partial charge in [-0.2, -0.15) is 0 Å². The predicted octanol–water partition coefficient (Wildman–Crippen LogP) is 2.03. The lowest BCUT2D eigenvalue weighted by molar-refractivity contribution is 0.848. The van der Waals surface area contributed by atoms with Gasteiger partial charge in [0.1, 0.15) is 0 Å². The molecule has 0 radical (unpaired) electrons. The van der Waals surface area contributed by atoms with Gasteiger partial charge in [0.2, 0.25) is 0 Å². The Bertz CT molecular complexity index is 465. The van der Waals surface area contributed by atoms with Gasteiger partial charge in [-0.05, 0) is 12.0 Å². The molecule has 1 aromatic heterocycles. The lowest BCUT2D eigenvalue weighted by Crippen LogP contribution is -2.20. The zero-order valence-corrected chi connectivity index (χ0v) is 9.64. The molecule has 1 aliphatic rings. The summed E-state index contributed by atoms with van der Waals surface area (Å²) < 4.78 is 1.33. The van der Waals surface area contributed by atoms with Crippen LogP contribution in [0.3, 0.4) is 0 Å². The molecule has 0 aliphatic heterocycles. The lowest BCUT2D eigenvalue weighted by atomic mass is 10.2. The first-order valence-corrected chi connectivity index (χ1v) is 5.85. The maximum absolute atomic E-state index is 4.63. The van der Waals surface area contributed by atoms with Crippen LogP contribution in [0.4, 0.5) is 0 Å². The first-order valence-electron chi connectivity index (χ1n) is 5.04. The highest BCUT2D eigenvalue weighted by Gasteiger charge is 2.05. The van der Waals surface area contributed by atoms with E-state index in [0.717, 1.165) is 5.35 Å². The Morgan fingerprint density at radius 2 is 2.21 bits per heavy atom. The number of rotatable bonds is 1. The van der Waals surface area contributed by atoms with Crippen molar-refractivity contribution in [3.05, 3.63) is 27.0 Å². The van der Waals surface area contributed by atoms with Crippen molar-refractivity contribution >= 4 is 23.5 Å². The van der Waals surface area contributed by atoms with Crippen LogP contribution < -0.4 is 9.88 Å². The SMILES string of the molecule is CC1C=CC=c2nc(C(C)C)sc2=C1. The quantitative estimate of drug-likeness (QED) is 0.683. The topological polar surface area (TPSA) is 12.9 Å². The van der Waals surface area contributed by atoms with Gasteiger partial charge >= 0.3 is 0 Å². The second kappa shape index (κ2) is 3.70. The van der Waals surface area contributed by atoms with Gasteiger partial charge in [-0.15, -0.1) is 11.3 Å². The zero-order chi connectivity index (χ0) is 10.1. The summed E-state index contributed by atoms with van der Waals surface area (Å²) in [5, 5.41) is 2.38. The fraction of sp³-hybridized carbons (Fsp3) is 0.417. The second-order valence-corrected chi connectivity index (χ2v) is 5.10. The van der Waals surface area contributed by atoms with Crippen LogP contribution in [0, 0.1) is 5.92 Å². The molecule has 0 fully saturated rings. The highest BCUT2D eigenvalue weighted by Crippen LogP contribution is 2.12. The lowest BCUT2D eigenvalue weighted by Gasteiger charge is -1.95. The van der Waals surface area contributed by atoms with Crippen molar-refractivity contribution < 1.29 is 0 Å². The summed E-state index contributed by atoms with van der Waals surface area (Å²) >= 11 is 1.82. The van der Waals surface area contributed by atoms with E-state index in [1.165, 1.54) is 9.54 Å². The summed E-state index contributed by atoms with van der Waals surface area (Å²) in [5.41, 5.74) is 0. The molecular formula is C12H15NS. The number of fused-ring (bicyclic) bond motifs is 1. The third-order valence-corrected chi connectivity index (χ3v) is 3.61. The Labute approximate surface area is 88.5 Å². The van der Waals surface area contributed by atoms with E-state index in [2.05, 4.69) is 50.1 Å². The van der Waals surface area contributed by atoms with Gasteiger partial charge in [-0.1, -0.05) is 39.0 Å². The molecule has 14 heavy (non-hydrogen) atoms. The average Bonchev–Trinajstić information content (AvgIpc) is 2.42. The minimum Gasteiger partial charge on any atom is -0.241 e. The Hall–Kier alpha value is -0.890. The molecule has 0 spiro atoms. The van der Waals surface area contributed by atoms with E-state index in [1.807, 2.05) is 11.3 Å². The van der Waals surface area contributed by atoms with Gasteiger partial charge in [0, 0.05) is 5.92 Å². The van der Waals surface area contributed by atoms with Crippen LogP contribution in [-0.2, 0) is 0 Å². The van der Waals surface area contributed by atoms with Crippen LogP contribution in [0.2, 0.25) is 0 Å². The van der Waals surface area contributed by atoms with Crippen molar-refractivity contribution in [1.29, 1.82) is 0 Å². The van der Waals surface area contributed by atoms with E-state index >= 15 is 0 Å². The summed E-state index contributed by atoms with van der Waals surface area (Å²) in [5.74, 6) is 1.06. The number of allylic oxidation sites excluding steroid dienone is 2. The first kappa shape index (κ1) is 9.66. The Morgan fingerprint density at radius 1 is 1.43 bits per heavy atom. The number of hydrogen-bond donors (Lipinski definition) is 0. The molecule has 1 heterocycles. The molecule has 1 aromatic rings. The minimum atomic E-state index is 0.521. The van der Waals surface area contributed by atoms with Crippen molar-refractivity contribution in [3.8, 4) is 0 Å². The largest absolute Gasteiger partial charge is 0.241 e. The van der Waals surface area contributed by atoms with Gasteiger partial charge in [-0.25, -0.2) is 4.98 Å². The molecule has 1 nitrogen and oxygen atoms in total. The zero-order valence-electron chi connectivity index (χ0n) is 8.82. The maximum Gasteiger partial charge on any atom is 0.0963 e. The molecule has 1 aliphatic carbocycles. The molecule has 1 unspecified atom stereocenters. The van der Waals surface area contributed by atoms with Gasteiger partial charge in [-0.3, -0.25) is 0 Å². The van der Waals surface area contributed by atoms with Crippen LogP contribution in [0.1, 0.15) is 31.7 Å². The highest BCUT2D eigenvalue weighted by molar-refractivity contribution is 7.09. The molecule has 0 amide bonds. The van der Waals surface area contributed by atoms with Gasteiger partial charge in [0.15, 0.2) is 0 Å². The second-order valence-electron chi connectivity index (χ2n) is 4.03. The number of hydrogen-bond acceptors (Lipinski definition) is 2. The van der Waals surface area contributed by atoms with E-state index in [1.54, 1.807) is 0 Å². The molecule has 74 valence electrons. The average molecular weight is 205 g/mol. The van der Waals surface area contributed by atoms with Crippen molar-refractivity contribution in [2.45, 2.75) is 26.7 Å². The van der Waals surface area contributed by atoms with Gasteiger partial charge in [0.25, 0.3) is 0 Å². The molecule has 0 aromatic carbocycles. The Morgan fingerprint density at radius 3 is 2.93 bits per heavy atom. The molecule has 0 bridgehead atoms. The van der Waals surface area contributed by atoms with Gasteiger partial charge in [0.05, 0.1) is 14.9 Å². The molecule has 2 heteroatoms. The first-order chi connectivity index (χ1) is 6.66. The van der Waals surface area contributed by atoms with Crippen molar-refractivity contribution in [3.63, 3.8) is 0 Å². The predicted molar refractivity (Wildman–Crippen MR) is 62.7 cm³/mol. The third kappa shape index (κ3) is 1.80. The van der Waals surface area contributed by atoms with Crippen LogP contribution in [-0.4, -0.2) is 4.98 Å². The van der Waals surface area contributed by atoms with Crippen LogP contribution in [0.5, 0.6) is 0 Å². The fourth-order valence-electron chi connectivity index (χ4n) is 1.46. The minimum absolute atomic E-state index is 0.521. The Kier molecular flexibility index (Phi) is 2.55. The van der Waals surface area contributed by atoms with E-state index in [9.17, 15) is 0 Å². The normalized spacial score (nSPS) is 19.9. The van der Waals surface area contributed by atoms with E-state index in [0.29, 0.717) is 11.8 Å². The summed E-state index contributed by atoms with van der Waals surface area (Å²) in [6.45, 7) is 6.59. The summed E-state index contributed by atoms with van der Waals surface area (Å²) in [6, 6.07) is 0. The van der Waals surface area contributed by atoms with Crippen LogP contribution in [0.25, 0.3) is 12.2 Å². The van der Waals surface area contributed by atoms with E-state index < -0.39 is 0 Å². The molecule has 0 saturated heterocycles. The fourth-order valence-corrected chi connectivity index (χ4v) is 2.57. The standard InChI is InChI=1S/C12H15NS/c1-8(2)12-13-10-6-4-5-9(3)7-11(10)14-12/h4-9H,1-3H3. The molecule has 0 saturated carbocycles. The van der Waals surface area contributed by atoms with Crippen molar-refractivity contribution in [2.75, 3.05) is 0 Å². The summed E-state index contributed by atoms with van der Waals surface area (Å²) in [7, 11) is 0. The van der Waals surface area contributed by atoms with Crippen molar-refractivity contribution in [1.82, 2.24) is 4.98 Å². The maximum atomic E-state index is 4.63. The molecule has 0 N–H and O–H groups in total. The third-order valence-electron chi connectivity index (χ3n) is 2.27. The van der Waals surface area contributed by atoms with Crippen LogP contribution in [0.15, 0.2) is 12.2 Å². The summed E-state index contributed by atoms with van der Waals surface area (Å²) in [6.07, 6.45) is 8.71.